The Morgan fingerprint density at radius 1 is 1.26 bits per heavy atom. The van der Waals surface area contributed by atoms with Crippen molar-refractivity contribution in [2.75, 3.05) is 11.1 Å². The molecule has 0 radical (unpaired) electrons. The topological polar surface area (TPSA) is 55.1 Å². The van der Waals surface area contributed by atoms with Crippen molar-refractivity contribution in [1.82, 2.24) is 0 Å². The predicted octanol–water partition coefficient (Wildman–Crippen LogP) is 3.22. The third kappa shape index (κ3) is 3.10. The third-order valence-electron chi connectivity index (χ3n) is 2.86. The van der Waals surface area contributed by atoms with E-state index < -0.39 is 5.82 Å². The number of hydrogen-bond acceptors (Lipinski definition) is 2. The lowest BCUT2D eigenvalue weighted by Gasteiger charge is -2.07. The van der Waals surface area contributed by atoms with Gasteiger partial charge in [-0.3, -0.25) is 4.79 Å². The van der Waals surface area contributed by atoms with Gasteiger partial charge in [-0.2, -0.15) is 0 Å². The molecular formula is C15H15FN2O. The van der Waals surface area contributed by atoms with Crippen LogP contribution in [0.5, 0.6) is 0 Å². The van der Waals surface area contributed by atoms with E-state index in [-0.39, 0.29) is 17.2 Å². The zero-order chi connectivity index (χ0) is 13.8. The predicted molar refractivity (Wildman–Crippen MR) is 74.6 cm³/mol. The van der Waals surface area contributed by atoms with Gasteiger partial charge in [0.25, 0.3) is 5.91 Å². The quantitative estimate of drug-likeness (QED) is 0.830. The Labute approximate surface area is 111 Å². The van der Waals surface area contributed by atoms with Crippen LogP contribution in [0.1, 0.15) is 22.8 Å². The second-order valence-electron chi connectivity index (χ2n) is 4.24. The van der Waals surface area contributed by atoms with Crippen LogP contribution in [0.4, 0.5) is 15.8 Å². The van der Waals surface area contributed by atoms with E-state index in [9.17, 15) is 9.18 Å². The molecule has 0 bridgehead atoms. The molecule has 98 valence electrons. The number of nitrogens with one attached hydrogen (secondary N) is 1. The highest BCUT2D eigenvalue weighted by Crippen LogP contribution is 2.15. The molecule has 0 aliphatic heterocycles. The van der Waals surface area contributed by atoms with E-state index in [0.717, 1.165) is 18.1 Å². The van der Waals surface area contributed by atoms with Gasteiger partial charge in [-0.25, -0.2) is 4.39 Å². The molecule has 1 amide bonds. The molecule has 0 spiro atoms. The number of amides is 1. The highest BCUT2D eigenvalue weighted by Gasteiger charge is 2.08. The number of benzene rings is 2. The van der Waals surface area contributed by atoms with E-state index in [1.807, 2.05) is 25.1 Å². The van der Waals surface area contributed by atoms with Crippen LogP contribution in [-0.2, 0) is 6.42 Å². The summed E-state index contributed by atoms with van der Waals surface area (Å²) >= 11 is 0. The number of nitrogens with two attached hydrogens (primary N) is 1. The minimum Gasteiger partial charge on any atom is -0.396 e. The Morgan fingerprint density at radius 3 is 2.74 bits per heavy atom. The van der Waals surface area contributed by atoms with Gasteiger partial charge in [-0.05, 0) is 42.3 Å². The van der Waals surface area contributed by atoms with Crippen molar-refractivity contribution in [3.05, 3.63) is 59.4 Å². The molecule has 0 atom stereocenters. The molecule has 0 unspecified atom stereocenters. The fourth-order valence-corrected chi connectivity index (χ4v) is 1.74. The molecule has 0 saturated heterocycles. The average molecular weight is 258 g/mol. The zero-order valence-corrected chi connectivity index (χ0v) is 10.6. The van der Waals surface area contributed by atoms with E-state index >= 15 is 0 Å². The van der Waals surface area contributed by atoms with Gasteiger partial charge in [0.05, 0.1) is 5.69 Å². The number of rotatable bonds is 3. The van der Waals surface area contributed by atoms with Crippen LogP contribution in [0.25, 0.3) is 0 Å². The molecular weight excluding hydrogens is 243 g/mol. The number of nitrogen functional groups attached to an aromatic ring is 1. The second-order valence-corrected chi connectivity index (χ2v) is 4.24. The van der Waals surface area contributed by atoms with Gasteiger partial charge in [-0.15, -0.1) is 0 Å². The number of halogens is 1. The molecule has 3 nitrogen and oxygen atoms in total. The molecule has 0 aliphatic rings. The first-order valence-corrected chi connectivity index (χ1v) is 6.05. The fraction of sp³-hybridized carbons (Fsp3) is 0.133. The average Bonchev–Trinajstić information content (AvgIpc) is 2.42. The summed E-state index contributed by atoms with van der Waals surface area (Å²) in [4.78, 5) is 12.0. The normalized spacial score (nSPS) is 10.2. The van der Waals surface area contributed by atoms with Crippen molar-refractivity contribution in [3.63, 3.8) is 0 Å². The molecule has 0 heterocycles. The first-order chi connectivity index (χ1) is 9.10. The fourth-order valence-electron chi connectivity index (χ4n) is 1.74. The van der Waals surface area contributed by atoms with Gasteiger partial charge < -0.3 is 11.1 Å². The van der Waals surface area contributed by atoms with E-state index in [2.05, 4.69) is 5.32 Å². The lowest BCUT2D eigenvalue weighted by atomic mass is 10.1. The molecule has 2 aromatic rings. The maximum Gasteiger partial charge on any atom is 0.255 e. The van der Waals surface area contributed by atoms with Crippen LogP contribution in [0.2, 0.25) is 0 Å². The van der Waals surface area contributed by atoms with Crippen LogP contribution in [0.3, 0.4) is 0 Å². The minimum atomic E-state index is -0.588. The minimum absolute atomic E-state index is 0.0320. The summed E-state index contributed by atoms with van der Waals surface area (Å²) in [5.41, 5.74) is 7.47. The maximum atomic E-state index is 13.3. The molecule has 0 fully saturated rings. The van der Waals surface area contributed by atoms with Gasteiger partial charge >= 0.3 is 0 Å². The summed E-state index contributed by atoms with van der Waals surface area (Å²) in [7, 11) is 0. The lowest BCUT2D eigenvalue weighted by molar-refractivity contribution is 0.102. The van der Waals surface area contributed by atoms with Gasteiger partial charge in [0, 0.05) is 11.3 Å². The van der Waals surface area contributed by atoms with Gasteiger partial charge in [-0.1, -0.05) is 19.1 Å². The molecule has 4 heteroatoms. The van der Waals surface area contributed by atoms with Gasteiger partial charge in [0.15, 0.2) is 0 Å². The summed E-state index contributed by atoms with van der Waals surface area (Å²) in [6, 6.07) is 11.6. The summed E-state index contributed by atoms with van der Waals surface area (Å²) in [6.07, 6.45) is 0.889. The first-order valence-electron chi connectivity index (χ1n) is 6.05. The number of carbonyl (C=O) groups is 1. The standard InChI is InChI=1S/C15H15FN2O/c1-2-10-4-3-5-12(8-10)18-15(19)11-6-7-14(17)13(16)9-11/h3-9H,2,17H2,1H3,(H,18,19). The second kappa shape index (κ2) is 5.52. The summed E-state index contributed by atoms with van der Waals surface area (Å²) in [5.74, 6) is -0.942. The van der Waals surface area contributed by atoms with Crippen molar-refractivity contribution in [1.29, 1.82) is 0 Å². The summed E-state index contributed by atoms with van der Waals surface area (Å²) < 4.78 is 13.3. The van der Waals surface area contributed by atoms with Crippen molar-refractivity contribution in [3.8, 4) is 0 Å². The molecule has 0 aliphatic carbocycles. The van der Waals surface area contributed by atoms with Gasteiger partial charge in [0.1, 0.15) is 5.82 Å². The van der Waals surface area contributed by atoms with Crippen molar-refractivity contribution in [2.45, 2.75) is 13.3 Å². The molecule has 3 N–H and O–H groups in total. The third-order valence-corrected chi connectivity index (χ3v) is 2.86. The number of anilines is 2. The number of hydrogen-bond donors (Lipinski definition) is 2. The van der Waals surface area contributed by atoms with E-state index in [0.29, 0.717) is 5.69 Å². The largest absolute Gasteiger partial charge is 0.396 e. The molecule has 0 aromatic heterocycles. The van der Waals surface area contributed by atoms with Crippen LogP contribution < -0.4 is 11.1 Å². The Morgan fingerprint density at radius 2 is 2.05 bits per heavy atom. The first kappa shape index (κ1) is 13.1. The lowest BCUT2D eigenvalue weighted by Crippen LogP contribution is -2.12. The van der Waals surface area contributed by atoms with E-state index in [4.69, 9.17) is 5.73 Å². The smallest absolute Gasteiger partial charge is 0.255 e. The molecule has 2 aromatic carbocycles. The SMILES string of the molecule is CCc1cccc(NC(=O)c2ccc(N)c(F)c2)c1. The summed E-state index contributed by atoms with van der Waals surface area (Å²) in [6.45, 7) is 2.04. The monoisotopic (exact) mass is 258 g/mol. The number of carbonyl (C=O) groups excluding carboxylic acids is 1. The van der Waals surface area contributed by atoms with Crippen LogP contribution in [0, 0.1) is 5.82 Å². The van der Waals surface area contributed by atoms with Crippen LogP contribution in [-0.4, -0.2) is 5.91 Å². The van der Waals surface area contributed by atoms with E-state index in [1.54, 1.807) is 6.07 Å². The van der Waals surface area contributed by atoms with E-state index in [1.165, 1.54) is 12.1 Å². The molecule has 19 heavy (non-hydrogen) atoms. The molecule has 2 rings (SSSR count). The van der Waals surface area contributed by atoms with Crippen molar-refractivity contribution >= 4 is 17.3 Å². The highest BCUT2D eigenvalue weighted by molar-refractivity contribution is 6.04. The van der Waals surface area contributed by atoms with Crippen molar-refractivity contribution < 1.29 is 9.18 Å². The Balaban J connectivity index is 2.18. The van der Waals surface area contributed by atoms with Crippen LogP contribution in [0.15, 0.2) is 42.5 Å². The van der Waals surface area contributed by atoms with Crippen molar-refractivity contribution in [2.24, 2.45) is 0 Å². The zero-order valence-electron chi connectivity index (χ0n) is 10.6. The summed E-state index contributed by atoms with van der Waals surface area (Å²) in [5, 5.41) is 2.73. The highest BCUT2D eigenvalue weighted by atomic mass is 19.1. The molecule has 0 saturated carbocycles. The Bertz CT molecular complexity index is 611. The number of aryl methyl sites for hydroxylation is 1. The van der Waals surface area contributed by atoms with Gasteiger partial charge in [0.2, 0.25) is 0 Å². The van der Waals surface area contributed by atoms with Crippen LogP contribution >= 0.6 is 0 Å². The maximum absolute atomic E-state index is 13.3. The Hall–Kier alpha value is -2.36. The Kier molecular flexibility index (Phi) is 3.80.